The lowest BCUT2D eigenvalue weighted by Gasteiger charge is -2.31. The highest BCUT2D eigenvalue weighted by molar-refractivity contribution is 7.84. The number of nitrogens with zero attached hydrogens (tertiary/aromatic N) is 4. The summed E-state index contributed by atoms with van der Waals surface area (Å²) in [5.41, 5.74) is 2.38. The van der Waals surface area contributed by atoms with Crippen LogP contribution in [-0.4, -0.2) is 88.3 Å². The van der Waals surface area contributed by atoms with Crippen molar-refractivity contribution in [2.45, 2.75) is 42.0 Å². The largest absolute Gasteiger partial charge is 0.381 e. The Morgan fingerprint density at radius 2 is 1.79 bits per heavy atom. The first kappa shape index (κ1) is 22.3. The fraction of sp³-hybridized carbons (Fsp3) is 0.583. The summed E-state index contributed by atoms with van der Waals surface area (Å²) in [4.78, 5) is 18.0. The first-order valence-corrected chi connectivity index (χ1v) is 13.4. The van der Waals surface area contributed by atoms with Crippen LogP contribution < -0.4 is 0 Å². The van der Waals surface area contributed by atoms with Crippen molar-refractivity contribution < 1.29 is 22.9 Å². The standard InChI is InChI=1S/C24H29FN4O4S/c25-20-3-1-2-18-22-19(15-34(31)23(18)20)21(24(30)27-8-12-33-13-9-27)26-29(22)17-4-7-28(14-17)16-5-10-32-11-6-16/h1-3,16-17H,4-15H2. The van der Waals surface area contributed by atoms with E-state index in [1.807, 2.05) is 4.68 Å². The summed E-state index contributed by atoms with van der Waals surface area (Å²) in [6, 6.07) is 5.37. The Balaban J connectivity index is 1.41. The van der Waals surface area contributed by atoms with Gasteiger partial charge in [0.15, 0.2) is 5.69 Å². The van der Waals surface area contributed by atoms with Crippen molar-refractivity contribution in [3.63, 3.8) is 0 Å². The molecule has 0 N–H and O–H groups in total. The van der Waals surface area contributed by atoms with E-state index in [0.29, 0.717) is 49.2 Å². The number of benzene rings is 1. The third kappa shape index (κ3) is 3.80. The van der Waals surface area contributed by atoms with Crippen LogP contribution in [-0.2, 0) is 26.0 Å². The first-order chi connectivity index (χ1) is 16.6. The van der Waals surface area contributed by atoms with Crippen LogP contribution in [0.4, 0.5) is 4.39 Å². The van der Waals surface area contributed by atoms with Gasteiger partial charge in [-0.1, -0.05) is 12.1 Å². The summed E-state index contributed by atoms with van der Waals surface area (Å²) in [5.74, 6) is -0.523. The minimum absolute atomic E-state index is 0.0745. The van der Waals surface area contributed by atoms with Crippen molar-refractivity contribution in [2.24, 2.45) is 0 Å². The number of carbonyl (C=O) groups excluding carboxylic acids is 1. The molecular formula is C24H29FN4O4S. The lowest BCUT2D eigenvalue weighted by Crippen LogP contribution is -2.41. The Bertz CT molecular complexity index is 1130. The molecule has 2 atom stereocenters. The average Bonchev–Trinajstić information content (AvgIpc) is 3.50. The number of halogens is 1. The van der Waals surface area contributed by atoms with Crippen LogP contribution in [0.1, 0.15) is 41.4 Å². The molecular weight excluding hydrogens is 459 g/mol. The maximum absolute atomic E-state index is 14.8. The SMILES string of the molecule is O=C(c1nn(C2CCN(C3CCOCC3)C2)c2c1CS(=O)c1c(F)cccc1-2)N1CCOCC1. The van der Waals surface area contributed by atoms with Gasteiger partial charge in [-0.3, -0.25) is 18.6 Å². The predicted molar refractivity (Wildman–Crippen MR) is 124 cm³/mol. The van der Waals surface area contributed by atoms with E-state index >= 15 is 0 Å². The van der Waals surface area contributed by atoms with Gasteiger partial charge < -0.3 is 14.4 Å². The van der Waals surface area contributed by atoms with Gasteiger partial charge in [-0.25, -0.2) is 4.39 Å². The number of morpholine rings is 1. The summed E-state index contributed by atoms with van der Waals surface area (Å²) in [5, 5.41) is 4.87. The minimum Gasteiger partial charge on any atom is -0.381 e. The van der Waals surface area contributed by atoms with Crippen molar-refractivity contribution in [1.29, 1.82) is 0 Å². The molecule has 1 aromatic carbocycles. The van der Waals surface area contributed by atoms with Crippen LogP contribution in [0.3, 0.4) is 0 Å². The van der Waals surface area contributed by atoms with Gasteiger partial charge in [0.1, 0.15) is 5.82 Å². The number of carbonyl (C=O) groups is 1. The Labute approximate surface area is 200 Å². The van der Waals surface area contributed by atoms with Crippen LogP contribution in [0.2, 0.25) is 0 Å². The molecule has 0 aliphatic carbocycles. The molecule has 0 spiro atoms. The quantitative estimate of drug-likeness (QED) is 0.660. The lowest BCUT2D eigenvalue weighted by atomic mass is 10.0. The van der Waals surface area contributed by atoms with Gasteiger partial charge in [-0.15, -0.1) is 0 Å². The van der Waals surface area contributed by atoms with Crippen LogP contribution in [0.15, 0.2) is 23.1 Å². The number of fused-ring (bicyclic) bond motifs is 3. The van der Waals surface area contributed by atoms with E-state index in [1.165, 1.54) is 6.07 Å². The van der Waals surface area contributed by atoms with E-state index in [-0.39, 0.29) is 22.6 Å². The van der Waals surface area contributed by atoms with Crippen molar-refractivity contribution >= 4 is 16.7 Å². The molecule has 3 fully saturated rings. The molecule has 4 aliphatic rings. The molecule has 8 nitrogen and oxygen atoms in total. The van der Waals surface area contributed by atoms with Crippen molar-refractivity contribution in [3.8, 4) is 11.3 Å². The molecule has 0 radical (unpaired) electrons. The molecule has 0 bridgehead atoms. The maximum Gasteiger partial charge on any atom is 0.274 e. The number of likely N-dealkylation sites (tertiary alicyclic amines) is 1. The van der Waals surface area contributed by atoms with E-state index in [0.717, 1.165) is 51.3 Å². The van der Waals surface area contributed by atoms with Gasteiger partial charge in [0.05, 0.1) is 46.4 Å². The van der Waals surface area contributed by atoms with Crippen LogP contribution >= 0.6 is 0 Å². The zero-order valence-electron chi connectivity index (χ0n) is 19.1. The fourth-order valence-electron chi connectivity index (χ4n) is 5.72. The van der Waals surface area contributed by atoms with Gasteiger partial charge in [0.2, 0.25) is 0 Å². The molecule has 182 valence electrons. The van der Waals surface area contributed by atoms with Gasteiger partial charge >= 0.3 is 0 Å². The molecule has 3 saturated heterocycles. The topological polar surface area (TPSA) is 76.9 Å². The molecule has 1 amide bonds. The Morgan fingerprint density at radius 3 is 2.59 bits per heavy atom. The van der Waals surface area contributed by atoms with Crippen LogP contribution in [0, 0.1) is 5.82 Å². The predicted octanol–water partition coefficient (Wildman–Crippen LogP) is 2.21. The molecule has 10 heteroatoms. The summed E-state index contributed by atoms with van der Waals surface area (Å²) in [7, 11) is -1.57. The summed E-state index contributed by atoms with van der Waals surface area (Å²) >= 11 is 0. The van der Waals surface area contributed by atoms with Crippen molar-refractivity contribution in [1.82, 2.24) is 19.6 Å². The van der Waals surface area contributed by atoms with Crippen molar-refractivity contribution in [3.05, 3.63) is 35.3 Å². The second kappa shape index (κ2) is 9.14. The summed E-state index contributed by atoms with van der Waals surface area (Å²) < 4.78 is 40.7. The number of hydrogen-bond donors (Lipinski definition) is 0. The highest BCUT2D eigenvalue weighted by atomic mass is 32.2. The Hall–Kier alpha value is -2.14. The number of ether oxygens (including phenoxy) is 2. The van der Waals surface area contributed by atoms with Crippen molar-refractivity contribution in [2.75, 3.05) is 52.6 Å². The molecule has 4 aliphatic heterocycles. The molecule has 34 heavy (non-hydrogen) atoms. The summed E-state index contributed by atoms with van der Waals surface area (Å²) in [6.07, 6.45) is 2.96. The smallest absolute Gasteiger partial charge is 0.274 e. The minimum atomic E-state index is -1.57. The zero-order chi connectivity index (χ0) is 23.2. The van der Waals surface area contributed by atoms with Gasteiger partial charge in [-0.2, -0.15) is 5.10 Å². The second-order valence-electron chi connectivity index (χ2n) is 9.41. The summed E-state index contributed by atoms with van der Waals surface area (Å²) in [6.45, 7) is 5.38. The van der Waals surface area contributed by atoms with E-state index < -0.39 is 16.6 Å². The van der Waals surface area contributed by atoms with Gasteiger partial charge in [0, 0.05) is 56.6 Å². The molecule has 0 saturated carbocycles. The Kier molecular flexibility index (Phi) is 6.00. The van der Waals surface area contributed by atoms with E-state index in [9.17, 15) is 13.4 Å². The average molecular weight is 489 g/mol. The molecule has 1 aromatic heterocycles. The molecule has 6 rings (SSSR count). The lowest BCUT2D eigenvalue weighted by molar-refractivity contribution is 0.0297. The third-order valence-corrected chi connectivity index (χ3v) is 8.90. The van der Waals surface area contributed by atoms with Crippen LogP contribution in [0.25, 0.3) is 11.3 Å². The zero-order valence-corrected chi connectivity index (χ0v) is 19.9. The van der Waals surface area contributed by atoms with E-state index in [4.69, 9.17) is 14.6 Å². The second-order valence-corrected chi connectivity index (χ2v) is 10.8. The third-order valence-electron chi connectivity index (χ3n) is 7.48. The Morgan fingerprint density at radius 1 is 1.03 bits per heavy atom. The number of aromatic nitrogens is 2. The maximum atomic E-state index is 14.8. The highest BCUT2D eigenvalue weighted by Crippen LogP contribution is 2.42. The molecule has 5 heterocycles. The number of rotatable bonds is 3. The normalized spacial score (nSPS) is 25.9. The van der Waals surface area contributed by atoms with E-state index in [2.05, 4.69) is 4.90 Å². The van der Waals surface area contributed by atoms with Gasteiger partial charge in [0.25, 0.3) is 5.91 Å². The number of amides is 1. The molecule has 2 unspecified atom stereocenters. The fourth-order valence-corrected chi connectivity index (χ4v) is 7.10. The highest BCUT2D eigenvalue weighted by Gasteiger charge is 2.39. The van der Waals surface area contributed by atoms with Crippen LogP contribution in [0.5, 0.6) is 0 Å². The number of hydrogen-bond acceptors (Lipinski definition) is 6. The first-order valence-electron chi connectivity index (χ1n) is 12.1. The van der Waals surface area contributed by atoms with Gasteiger partial charge in [-0.05, 0) is 25.3 Å². The monoisotopic (exact) mass is 488 g/mol. The van der Waals surface area contributed by atoms with E-state index in [1.54, 1.807) is 17.0 Å². The molecule has 2 aromatic rings.